The van der Waals surface area contributed by atoms with Crippen LogP contribution in [-0.4, -0.2) is 17.6 Å². The molecule has 1 rings (SSSR count). The Bertz CT molecular complexity index is 433. The standard InChI is InChI=1S/C14H20ClF3N2/c1-4-5-6-7-20(10(2)3)13-9-11(14(16,17)18)8-12(15)19-13/h8-10H,4-7H2,1-3H3. The first kappa shape index (κ1) is 17.1. The Balaban J connectivity index is 3.04. The van der Waals surface area contributed by atoms with E-state index in [1.807, 2.05) is 18.7 Å². The van der Waals surface area contributed by atoms with Gasteiger partial charge >= 0.3 is 6.18 Å². The number of alkyl halides is 3. The smallest absolute Gasteiger partial charge is 0.354 e. The molecule has 20 heavy (non-hydrogen) atoms. The van der Waals surface area contributed by atoms with E-state index in [0.29, 0.717) is 6.54 Å². The monoisotopic (exact) mass is 308 g/mol. The lowest BCUT2D eigenvalue weighted by Crippen LogP contribution is -2.32. The third kappa shape index (κ3) is 4.85. The molecule has 0 aliphatic carbocycles. The first-order valence-electron chi connectivity index (χ1n) is 6.77. The predicted octanol–water partition coefficient (Wildman–Crippen LogP) is 5.16. The summed E-state index contributed by atoms with van der Waals surface area (Å²) in [6.07, 6.45) is -1.39. The fourth-order valence-corrected chi connectivity index (χ4v) is 2.17. The fraction of sp³-hybridized carbons (Fsp3) is 0.643. The Hall–Kier alpha value is -0.970. The van der Waals surface area contributed by atoms with E-state index >= 15 is 0 Å². The van der Waals surface area contributed by atoms with Crippen LogP contribution in [0.1, 0.15) is 45.6 Å². The van der Waals surface area contributed by atoms with Gasteiger partial charge in [0.05, 0.1) is 5.56 Å². The highest BCUT2D eigenvalue weighted by Gasteiger charge is 2.32. The molecule has 1 aromatic heterocycles. The van der Waals surface area contributed by atoms with Crippen LogP contribution >= 0.6 is 11.6 Å². The van der Waals surface area contributed by atoms with Crippen molar-refractivity contribution in [3.05, 3.63) is 22.8 Å². The number of pyridine rings is 1. The third-order valence-electron chi connectivity index (χ3n) is 3.03. The minimum absolute atomic E-state index is 0.0684. The Morgan fingerprint density at radius 1 is 1.25 bits per heavy atom. The highest BCUT2D eigenvalue weighted by Crippen LogP contribution is 2.33. The van der Waals surface area contributed by atoms with Gasteiger partial charge in [-0.3, -0.25) is 0 Å². The van der Waals surface area contributed by atoms with E-state index in [1.165, 1.54) is 0 Å². The second-order valence-electron chi connectivity index (χ2n) is 5.03. The van der Waals surface area contributed by atoms with Crippen LogP contribution in [-0.2, 0) is 6.18 Å². The summed E-state index contributed by atoms with van der Waals surface area (Å²) < 4.78 is 38.4. The van der Waals surface area contributed by atoms with Gasteiger partial charge < -0.3 is 4.90 Å². The quantitative estimate of drug-likeness (QED) is 0.533. The highest BCUT2D eigenvalue weighted by molar-refractivity contribution is 6.29. The summed E-state index contributed by atoms with van der Waals surface area (Å²) in [5.41, 5.74) is -0.756. The molecule has 0 fully saturated rings. The normalized spacial score (nSPS) is 12.0. The lowest BCUT2D eigenvalue weighted by Gasteiger charge is -2.28. The molecule has 0 amide bonds. The van der Waals surface area contributed by atoms with Gasteiger partial charge in [-0.2, -0.15) is 13.2 Å². The molecule has 0 N–H and O–H groups in total. The van der Waals surface area contributed by atoms with Gasteiger partial charge in [0.2, 0.25) is 0 Å². The summed E-state index contributed by atoms with van der Waals surface area (Å²) in [7, 11) is 0. The van der Waals surface area contributed by atoms with Gasteiger partial charge in [0.25, 0.3) is 0 Å². The Morgan fingerprint density at radius 3 is 2.40 bits per heavy atom. The van der Waals surface area contributed by atoms with Crippen LogP contribution in [0.5, 0.6) is 0 Å². The van der Waals surface area contributed by atoms with E-state index in [1.54, 1.807) is 0 Å². The molecule has 114 valence electrons. The highest BCUT2D eigenvalue weighted by atomic mass is 35.5. The SMILES string of the molecule is CCCCCN(c1cc(C(F)(F)F)cc(Cl)n1)C(C)C. The minimum Gasteiger partial charge on any atom is -0.354 e. The molecule has 6 heteroatoms. The summed E-state index contributed by atoms with van der Waals surface area (Å²) in [4.78, 5) is 5.90. The number of hydrogen-bond acceptors (Lipinski definition) is 2. The Morgan fingerprint density at radius 2 is 1.90 bits per heavy atom. The van der Waals surface area contributed by atoms with E-state index in [2.05, 4.69) is 11.9 Å². The molecule has 0 bridgehead atoms. The fourth-order valence-electron chi connectivity index (χ4n) is 1.96. The van der Waals surface area contributed by atoms with E-state index in [-0.39, 0.29) is 17.0 Å². The molecule has 0 radical (unpaired) electrons. The average molecular weight is 309 g/mol. The first-order valence-corrected chi connectivity index (χ1v) is 7.15. The number of hydrogen-bond donors (Lipinski definition) is 0. The maximum atomic E-state index is 12.8. The summed E-state index contributed by atoms with van der Waals surface area (Å²) >= 11 is 5.73. The topological polar surface area (TPSA) is 16.1 Å². The third-order valence-corrected chi connectivity index (χ3v) is 3.22. The van der Waals surface area contributed by atoms with E-state index < -0.39 is 11.7 Å². The average Bonchev–Trinajstić information content (AvgIpc) is 2.32. The number of unbranched alkanes of at least 4 members (excludes halogenated alkanes) is 2. The van der Waals surface area contributed by atoms with Crippen LogP contribution in [0.15, 0.2) is 12.1 Å². The van der Waals surface area contributed by atoms with Crippen molar-refractivity contribution in [3.63, 3.8) is 0 Å². The van der Waals surface area contributed by atoms with Gasteiger partial charge in [-0.15, -0.1) is 0 Å². The van der Waals surface area contributed by atoms with E-state index in [9.17, 15) is 13.2 Å². The molecule has 0 aliphatic rings. The summed E-state index contributed by atoms with van der Waals surface area (Å²) in [5.74, 6) is 0.288. The van der Waals surface area contributed by atoms with Crippen molar-refractivity contribution in [1.82, 2.24) is 4.98 Å². The summed E-state index contributed by atoms with van der Waals surface area (Å²) in [6.45, 7) is 6.62. The predicted molar refractivity (Wildman–Crippen MR) is 76.3 cm³/mol. The maximum absolute atomic E-state index is 12.8. The lowest BCUT2D eigenvalue weighted by atomic mass is 10.2. The Kier molecular flexibility index (Phi) is 6.11. The van der Waals surface area contributed by atoms with Crippen molar-refractivity contribution in [2.45, 2.75) is 52.3 Å². The van der Waals surface area contributed by atoms with Crippen LogP contribution < -0.4 is 4.90 Å². The van der Waals surface area contributed by atoms with Gasteiger partial charge in [0.1, 0.15) is 11.0 Å². The molecule has 0 saturated carbocycles. The zero-order valence-corrected chi connectivity index (χ0v) is 12.7. The zero-order chi connectivity index (χ0) is 15.3. The summed E-state index contributed by atoms with van der Waals surface area (Å²) in [5, 5.41) is -0.129. The van der Waals surface area contributed by atoms with Crippen LogP contribution in [0.3, 0.4) is 0 Å². The number of aromatic nitrogens is 1. The van der Waals surface area contributed by atoms with Crippen LogP contribution in [0, 0.1) is 0 Å². The molecule has 2 nitrogen and oxygen atoms in total. The van der Waals surface area contributed by atoms with E-state index in [4.69, 9.17) is 11.6 Å². The number of rotatable bonds is 6. The molecule has 0 saturated heterocycles. The van der Waals surface area contributed by atoms with Gasteiger partial charge in [-0.25, -0.2) is 4.98 Å². The van der Waals surface area contributed by atoms with Crippen molar-refractivity contribution >= 4 is 17.4 Å². The molecule has 0 atom stereocenters. The van der Waals surface area contributed by atoms with Gasteiger partial charge in [-0.05, 0) is 32.4 Å². The van der Waals surface area contributed by atoms with Crippen molar-refractivity contribution in [1.29, 1.82) is 0 Å². The number of halogens is 4. The first-order chi connectivity index (χ1) is 9.25. The van der Waals surface area contributed by atoms with Crippen molar-refractivity contribution in [2.75, 3.05) is 11.4 Å². The van der Waals surface area contributed by atoms with Crippen LogP contribution in [0.4, 0.5) is 19.0 Å². The van der Waals surface area contributed by atoms with Crippen molar-refractivity contribution in [2.24, 2.45) is 0 Å². The number of anilines is 1. The van der Waals surface area contributed by atoms with Crippen LogP contribution in [0.2, 0.25) is 5.15 Å². The minimum atomic E-state index is -4.41. The molecule has 0 unspecified atom stereocenters. The largest absolute Gasteiger partial charge is 0.416 e. The zero-order valence-electron chi connectivity index (χ0n) is 12.0. The second-order valence-corrected chi connectivity index (χ2v) is 5.42. The van der Waals surface area contributed by atoms with Gasteiger partial charge in [0, 0.05) is 12.6 Å². The Labute approximate surface area is 122 Å². The molecule has 0 spiro atoms. The maximum Gasteiger partial charge on any atom is 0.416 e. The van der Waals surface area contributed by atoms with Crippen molar-refractivity contribution < 1.29 is 13.2 Å². The van der Waals surface area contributed by atoms with Crippen molar-refractivity contribution in [3.8, 4) is 0 Å². The molecular formula is C14H20ClF3N2. The molecule has 1 heterocycles. The van der Waals surface area contributed by atoms with Gasteiger partial charge in [-0.1, -0.05) is 31.4 Å². The molecule has 0 aromatic carbocycles. The molecule has 0 aliphatic heterocycles. The van der Waals surface area contributed by atoms with Gasteiger partial charge in [0.15, 0.2) is 0 Å². The molecule has 1 aromatic rings. The summed E-state index contributed by atoms with van der Waals surface area (Å²) in [6, 6.07) is 1.99. The second kappa shape index (κ2) is 7.16. The lowest BCUT2D eigenvalue weighted by molar-refractivity contribution is -0.137. The number of nitrogens with zero attached hydrogens (tertiary/aromatic N) is 2. The molecular weight excluding hydrogens is 289 g/mol. The van der Waals surface area contributed by atoms with Crippen LogP contribution in [0.25, 0.3) is 0 Å². The van der Waals surface area contributed by atoms with E-state index in [0.717, 1.165) is 31.4 Å².